The van der Waals surface area contributed by atoms with Crippen molar-refractivity contribution in [3.8, 4) is 0 Å². The van der Waals surface area contributed by atoms with Gasteiger partial charge in [0.05, 0.1) is 18.7 Å². The number of alkyl halides is 3. The second-order valence-electron chi connectivity index (χ2n) is 4.58. The molecule has 1 aromatic heterocycles. The van der Waals surface area contributed by atoms with E-state index in [1.165, 1.54) is 6.20 Å². The number of halogens is 3. The molecule has 3 N–H and O–H groups in total. The number of aliphatic hydroxyl groups is 1. The highest BCUT2D eigenvalue weighted by molar-refractivity contribution is 5.24. The van der Waals surface area contributed by atoms with Crippen molar-refractivity contribution in [2.45, 2.75) is 18.3 Å². The summed E-state index contributed by atoms with van der Waals surface area (Å²) in [7, 11) is 0. The first kappa shape index (κ1) is 14.5. The Labute approximate surface area is 113 Å². The Morgan fingerprint density at radius 2 is 1.80 bits per heavy atom. The Morgan fingerprint density at radius 3 is 2.30 bits per heavy atom. The Hall–Kier alpha value is -1.86. The summed E-state index contributed by atoms with van der Waals surface area (Å²) in [5, 5.41) is 12.9. The van der Waals surface area contributed by atoms with Crippen LogP contribution in [0.5, 0.6) is 0 Å². The van der Waals surface area contributed by atoms with E-state index < -0.39 is 24.0 Å². The van der Waals surface area contributed by atoms with Gasteiger partial charge in [0.1, 0.15) is 0 Å². The third-order valence-corrected chi connectivity index (χ3v) is 3.01. The molecule has 1 heterocycles. The minimum atomic E-state index is -4.49. The zero-order valence-corrected chi connectivity index (χ0v) is 10.5. The van der Waals surface area contributed by atoms with Crippen molar-refractivity contribution in [2.24, 2.45) is 5.73 Å². The predicted octanol–water partition coefficient (Wildman–Crippen LogP) is 1.75. The zero-order chi connectivity index (χ0) is 14.8. The van der Waals surface area contributed by atoms with Crippen LogP contribution in [-0.2, 0) is 18.3 Å². The van der Waals surface area contributed by atoms with Gasteiger partial charge in [0, 0.05) is 6.20 Å². The summed E-state index contributed by atoms with van der Waals surface area (Å²) in [6.07, 6.45) is -3.29. The molecule has 0 spiro atoms. The van der Waals surface area contributed by atoms with E-state index in [1.54, 1.807) is 30.3 Å². The van der Waals surface area contributed by atoms with E-state index in [9.17, 15) is 18.3 Å². The maximum Gasteiger partial charge on any atom is 0.435 e. The molecule has 0 aliphatic carbocycles. The molecule has 0 aliphatic heterocycles. The molecule has 0 radical (unpaired) electrons. The molecule has 108 valence electrons. The number of nitrogens with zero attached hydrogens (tertiary/aromatic N) is 2. The number of rotatable bonds is 4. The maximum absolute atomic E-state index is 12.5. The molecule has 0 fully saturated rings. The summed E-state index contributed by atoms with van der Waals surface area (Å²) in [6.45, 7) is -0.457. The van der Waals surface area contributed by atoms with Crippen LogP contribution in [0.2, 0.25) is 0 Å². The standard InChI is InChI=1S/C13H14F3N3O/c14-13(15,16)11-6-7-19(18-11)8-12(17,9-20)10-4-2-1-3-5-10/h1-7,20H,8-9,17H2. The topological polar surface area (TPSA) is 64.1 Å². The molecule has 0 saturated heterocycles. The van der Waals surface area contributed by atoms with Gasteiger partial charge in [0.25, 0.3) is 0 Å². The number of hydrogen-bond acceptors (Lipinski definition) is 3. The Morgan fingerprint density at radius 1 is 1.15 bits per heavy atom. The largest absolute Gasteiger partial charge is 0.435 e. The molecule has 1 atom stereocenters. The minimum Gasteiger partial charge on any atom is -0.394 e. The van der Waals surface area contributed by atoms with Crippen molar-refractivity contribution < 1.29 is 18.3 Å². The number of aliphatic hydroxyl groups excluding tert-OH is 1. The Kier molecular flexibility index (Phi) is 3.82. The second-order valence-corrected chi connectivity index (χ2v) is 4.58. The summed E-state index contributed by atoms with van der Waals surface area (Å²) >= 11 is 0. The van der Waals surface area contributed by atoms with Crippen LogP contribution in [0.15, 0.2) is 42.6 Å². The summed E-state index contributed by atoms with van der Waals surface area (Å²) < 4.78 is 38.5. The molecule has 2 aromatic rings. The molecular weight excluding hydrogens is 271 g/mol. The van der Waals surface area contributed by atoms with E-state index in [1.807, 2.05) is 0 Å². The Bertz CT molecular complexity index is 568. The van der Waals surface area contributed by atoms with Gasteiger partial charge in [-0.15, -0.1) is 0 Å². The van der Waals surface area contributed by atoms with Gasteiger partial charge in [-0.2, -0.15) is 18.3 Å². The third kappa shape index (κ3) is 3.00. The molecule has 0 bridgehead atoms. The van der Waals surface area contributed by atoms with Crippen LogP contribution in [0.25, 0.3) is 0 Å². The summed E-state index contributed by atoms with van der Waals surface area (Å²) in [4.78, 5) is 0. The number of hydrogen-bond donors (Lipinski definition) is 2. The van der Waals surface area contributed by atoms with E-state index in [4.69, 9.17) is 5.73 Å². The number of aromatic nitrogens is 2. The van der Waals surface area contributed by atoms with Gasteiger partial charge in [-0.3, -0.25) is 4.68 Å². The molecule has 7 heteroatoms. The van der Waals surface area contributed by atoms with Crippen molar-refractivity contribution in [2.75, 3.05) is 6.61 Å². The van der Waals surface area contributed by atoms with E-state index >= 15 is 0 Å². The summed E-state index contributed by atoms with van der Waals surface area (Å²) in [6, 6.07) is 9.59. The first-order chi connectivity index (χ1) is 9.35. The van der Waals surface area contributed by atoms with E-state index in [-0.39, 0.29) is 6.54 Å². The quantitative estimate of drug-likeness (QED) is 0.899. The summed E-state index contributed by atoms with van der Waals surface area (Å²) in [5.41, 5.74) is 4.54. The first-order valence-electron chi connectivity index (χ1n) is 5.91. The Balaban J connectivity index is 2.25. The van der Waals surface area contributed by atoms with Crippen molar-refractivity contribution in [3.05, 3.63) is 53.9 Å². The highest BCUT2D eigenvalue weighted by atomic mass is 19.4. The zero-order valence-electron chi connectivity index (χ0n) is 10.5. The van der Waals surface area contributed by atoms with Gasteiger partial charge in [-0.25, -0.2) is 0 Å². The van der Waals surface area contributed by atoms with Crippen LogP contribution < -0.4 is 5.73 Å². The lowest BCUT2D eigenvalue weighted by atomic mass is 9.92. The van der Waals surface area contributed by atoms with Gasteiger partial charge in [-0.1, -0.05) is 30.3 Å². The van der Waals surface area contributed by atoms with Gasteiger partial charge in [0.2, 0.25) is 0 Å². The van der Waals surface area contributed by atoms with Gasteiger partial charge < -0.3 is 10.8 Å². The fourth-order valence-electron chi connectivity index (χ4n) is 1.89. The average Bonchev–Trinajstić information content (AvgIpc) is 2.88. The number of benzene rings is 1. The van der Waals surface area contributed by atoms with Crippen molar-refractivity contribution in [1.29, 1.82) is 0 Å². The lowest BCUT2D eigenvalue weighted by molar-refractivity contribution is -0.141. The SMILES string of the molecule is NC(CO)(Cn1ccc(C(F)(F)F)n1)c1ccccc1. The molecule has 1 aromatic carbocycles. The van der Waals surface area contributed by atoms with Gasteiger partial charge >= 0.3 is 6.18 Å². The second kappa shape index (κ2) is 5.26. The smallest absolute Gasteiger partial charge is 0.394 e. The van der Waals surface area contributed by atoms with Crippen LogP contribution in [0.1, 0.15) is 11.3 Å². The maximum atomic E-state index is 12.5. The van der Waals surface area contributed by atoms with E-state index in [0.717, 1.165) is 10.7 Å². The fraction of sp³-hybridized carbons (Fsp3) is 0.308. The molecule has 1 unspecified atom stereocenters. The van der Waals surface area contributed by atoms with Crippen molar-refractivity contribution in [1.82, 2.24) is 9.78 Å². The van der Waals surface area contributed by atoms with Crippen LogP contribution in [-0.4, -0.2) is 21.5 Å². The normalized spacial score (nSPS) is 15.1. The molecule has 20 heavy (non-hydrogen) atoms. The van der Waals surface area contributed by atoms with Gasteiger partial charge in [-0.05, 0) is 11.6 Å². The molecule has 0 aliphatic rings. The molecule has 0 saturated carbocycles. The van der Waals surface area contributed by atoms with E-state index in [2.05, 4.69) is 5.10 Å². The van der Waals surface area contributed by atoms with Crippen LogP contribution >= 0.6 is 0 Å². The molecule has 2 rings (SSSR count). The summed E-state index contributed by atoms with van der Waals surface area (Å²) in [5.74, 6) is 0. The van der Waals surface area contributed by atoms with Crippen LogP contribution in [0.3, 0.4) is 0 Å². The first-order valence-corrected chi connectivity index (χ1v) is 5.91. The lowest BCUT2D eigenvalue weighted by Crippen LogP contribution is -2.44. The molecular formula is C13H14F3N3O. The predicted molar refractivity (Wildman–Crippen MR) is 66.6 cm³/mol. The van der Waals surface area contributed by atoms with Crippen molar-refractivity contribution >= 4 is 0 Å². The number of nitrogens with two attached hydrogens (primary N) is 1. The van der Waals surface area contributed by atoms with E-state index in [0.29, 0.717) is 5.56 Å². The highest BCUT2D eigenvalue weighted by Crippen LogP contribution is 2.28. The van der Waals surface area contributed by atoms with Crippen LogP contribution in [0, 0.1) is 0 Å². The van der Waals surface area contributed by atoms with Crippen LogP contribution in [0.4, 0.5) is 13.2 Å². The average molecular weight is 285 g/mol. The fourth-order valence-corrected chi connectivity index (χ4v) is 1.89. The highest BCUT2D eigenvalue weighted by Gasteiger charge is 2.34. The monoisotopic (exact) mass is 285 g/mol. The molecule has 4 nitrogen and oxygen atoms in total. The lowest BCUT2D eigenvalue weighted by Gasteiger charge is -2.27. The van der Waals surface area contributed by atoms with Gasteiger partial charge in [0.15, 0.2) is 5.69 Å². The van der Waals surface area contributed by atoms with Crippen molar-refractivity contribution in [3.63, 3.8) is 0 Å². The molecule has 0 amide bonds. The third-order valence-electron chi connectivity index (χ3n) is 3.01. The minimum absolute atomic E-state index is 0.0520.